The highest BCUT2D eigenvalue weighted by molar-refractivity contribution is 8.00. The molecule has 0 saturated carbocycles. The molecular weight excluding hydrogens is 279 g/mol. The molecule has 1 aromatic carbocycles. The Labute approximate surface area is 121 Å². The van der Waals surface area contributed by atoms with Crippen molar-refractivity contribution in [2.75, 3.05) is 12.3 Å². The van der Waals surface area contributed by atoms with Crippen LogP contribution in [0.3, 0.4) is 0 Å². The smallest absolute Gasteiger partial charge is 0.242 e. The second-order valence-electron chi connectivity index (χ2n) is 4.65. The molecule has 0 radical (unpaired) electrons. The van der Waals surface area contributed by atoms with E-state index in [0.29, 0.717) is 13.0 Å². The number of carbonyl (C=O) groups excluding carboxylic acids is 2. The third-order valence-electron chi connectivity index (χ3n) is 3.05. The van der Waals surface area contributed by atoms with Crippen molar-refractivity contribution in [1.82, 2.24) is 10.6 Å². The minimum Gasteiger partial charge on any atom is -0.354 e. The van der Waals surface area contributed by atoms with Gasteiger partial charge < -0.3 is 10.6 Å². The molecule has 0 spiro atoms. The van der Waals surface area contributed by atoms with E-state index in [-0.39, 0.29) is 23.4 Å². The molecule has 1 aliphatic rings. The number of hydrogen-bond acceptors (Lipinski definition) is 3. The van der Waals surface area contributed by atoms with E-state index in [1.807, 2.05) is 0 Å². The Morgan fingerprint density at radius 3 is 2.85 bits per heavy atom. The zero-order chi connectivity index (χ0) is 14.4. The lowest BCUT2D eigenvalue weighted by atomic mass is 10.1. The first-order chi connectivity index (χ1) is 9.65. The highest BCUT2D eigenvalue weighted by atomic mass is 32.2. The van der Waals surface area contributed by atoms with Crippen LogP contribution in [0, 0.1) is 5.82 Å². The average Bonchev–Trinajstić information content (AvgIpc) is 2.64. The molecule has 0 aromatic heterocycles. The fourth-order valence-corrected chi connectivity index (χ4v) is 2.70. The van der Waals surface area contributed by atoms with E-state index in [9.17, 15) is 14.0 Å². The van der Waals surface area contributed by atoms with E-state index in [1.165, 1.54) is 23.9 Å². The molecule has 1 aliphatic heterocycles. The number of hydrogen-bond donors (Lipinski definition) is 2. The van der Waals surface area contributed by atoms with Crippen LogP contribution in [0.2, 0.25) is 0 Å². The van der Waals surface area contributed by atoms with Gasteiger partial charge in [-0.05, 0) is 43.5 Å². The van der Waals surface area contributed by atoms with Gasteiger partial charge in [0, 0.05) is 11.4 Å². The fraction of sp³-hybridized carbons (Fsp3) is 0.429. The molecule has 1 aromatic rings. The van der Waals surface area contributed by atoms with Crippen molar-refractivity contribution in [2.24, 2.45) is 0 Å². The Balaban J connectivity index is 1.79. The predicted octanol–water partition coefficient (Wildman–Crippen LogP) is 1.70. The molecule has 1 atom stereocenters. The quantitative estimate of drug-likeness (QED) is 0.832. The largest absolute Gasteiger partial charge is 0.354 e. The summed E-state index contributed by atoms with van der Waals surface area (Å²) in [5.74, 6) is -0.368. The lowest BCUT2D eigenvalue weighted by Gasteiger charge is -2.14. The summed E-state index contributed by atoms with van der Waals surface area (Å²) in [5.41, 5.74) is 0. The Morgan fingerprint density at radius 2 is 2.10 bits per heavy atom. The molecule has 2 N–H and O–H groups in total. The summed E-state index contributed by atoms with van der Waals surface area (Å²) in [7, 11) is 0. The van der Waals surface area contributed by atoms with E-state index in [0.717, 1.165) is 17.7 Å². The van der Waals surface area contributed by atoms with Gasteiger partial charge in [-0.25, -0.2) is 4.39 Å². The number of thioether (sulfide) groups is 1. The van der Waals surface area contributed by atoms with Gasteiger partial charge in [-0.15, -0.1) is 11.8 Å². The van der Waals surface area contributed by atoms with Gasteiger partial charge in [0.2, 0.25) is 11.8 Å². The molecule has 0 aliphatic carbocycles. The minimum atomic E-state index is -0.432. The molecular formula is C14H17FN2O2S. The van der Waals surface area contributed by atoms with Gasteiger partial charge in [0.25, 0.3) is 0 Å². The molecule has 20 heavy (non-hydrogen) atoms. The summed E-state index contributed by atoms with van der Waals surface area (Å²) >= 11 is 1.32. The zero-order valence-electron chi connectivity index (χ0n) is 11.0. The van der Waals surface area contributed by atoms with Crippen LogP contribution >= 0.6 is 11.8 Å². The maximum absolute atomic E-state index is 12.7. The van der Waals surface area contributed by atoms with Crippen molar-refractivity contribution in [2.45, 2.75) is 30.2 Å². The number of rotatable bonds is 4. The standard InChI is InChI=1S/C14H17FN2O2S/c15-10-4-6-11(7-5-10)20-9-13(18)17-12-3-1-2-8-16-14(12)19/h4-7,12H,1-3,8-9H2,(H,16,19)(H,17,18)/t12-/m1/s1. The monoisotopic (exact) mass is 296 g/mol. The minimum absolute atomic E-state index is 0.109. The van der Waals surface area contributed by atoms with Gasteiger partial charge >= 0.3 is 0 Å². The van der Waals surface area contributed by atoms with E-state index in [4.69, 9.17) is 0 Å². The van der Waals surface area contributed by atoms with Crippen LogP contribution in [0.25, 0.3) is 0 Å². The molecule has 108 valence electrons. The van der Waals surface area contributed by atoms with Crippen molar-refractivity contribution < 1.29 is 14.0 Å². The summed E-state index contributed by atoms with van der Waals surface area (Å²) in [6, 6.07) is 5.55. The van der Waals surface area contributed by atoms with Crippen LogP contribution < -0.4 is 10.6 Å². The molecule has 1 fully saturated rings. The lowest BCUT2D eigenvalue weighted by Crippen LogP contribution is -2.46. The first-order valence-electron chi connectivity index (χ1n) is 6.60. The summed E-state index contributed by atoms with van der Waals surface area (Å²) in [6.07, 6.45) is 2.55. The number of benzene rings is 1. The van der Waals surface area contributed by atoms with E-state index >= 15 is 0 Å². The molecule has 1 saturated heterocycles. The highest BCUT2D eigenvalue weighted by Crippen LogP contribution is 2.17. The van der Waals surface area contributed by atoms with E-state index < -0.39 is 6.04 Å². The molecule has 2 rings (SSSR count). The molecule has 0 bridgehead atoms. The molecule has 4 nitrogen and oxygen atoms in total. The van der Waals surface area contributed by atoms with Gasteiger partial charge in [0.1, 0.15) is 11.9 Å². The van der Waals surface area contributed by atoms with Gasteiger partial charge in [-0.1, -0.05) is 0 Å². The first kappa shape index (κ1) is 14.8. The van der Waals surface area contributed by atoms with Gasteiger partial charge in [-0.3, -0.25) is 9.59 Å². The zero-order valence-corrected chi connectivity index (χ0v) is 11.8. The maximum Gasteiger partial charge on any atom is 0.242 e. The first-order valence-corrected chi connectivity index (χ1v) is 7.59. The van der Waals surface area contributed by atoms with Crippen molar-refractivity contribution in [3.63, 3.8) is 0 Å². The summed E-state index contributed by atoms with van der Waals surface area (Å²) in [5, 5.41) is 5.52. The second-order valence-corrected chi connectivity index (χ2v) is 5.70. The number of carbonyl (C=O) groups is 2. The molecule has 0 unspecified atom stereocenters. The Morgan fingerprint density at radius 1 is 1.35 bits per heavy atom. The van der Waals surface area contributed by atoms with Crippen molar-refractivity contribution in [1.29, 1.82) is 0 Å². The van der Waals surface area contributed by atoms with Crippen LogP contribution in [0.1, 0.15) is 19.3 Å². The topological polar surface area (TPSA) is 58.2 Å². The number of nitrogens with one attached hydrogen (secondary N) is 2. The maximum atomic E-state index is 12.7. The number of halogens is 1. The van der Waals surface area contributed by atoms with Gasteiger partial charge in [-0.2, -0.15) is 0 Å². The molecule has 6 heteroatoms. The number of amides is 2. The fourth-order valence-electron chi connectivity index (χ4n) is 1.99. The second kappa shape index (κ2) is 7.28. The van der Waals surface area contributed by atoms with Crippen LogP contribution in [-0.4, -0.2) is 30.2 Å². The summed E-state index contributed by atoms with van der Waals surface area (Å²) in [6.45, 7) is 0.676. The third-order valence-corrected chi connectivity index (χ3v) is 4.07. The lowest BCUT2D eigenvalue weighted by molar-refractivity contribution is -0.127. The molecule has 1 heterocycles. The van der Waals surface area contributed by atoms with Crippen LogP contribution in [-0.2, 0) is 9.59 Å². The Kier molecular flexibility index (Phi) is 5.40. The van der Waals surface area contributed by atoms with Crippen LogP contribution in [0.15, 0.2) is 29.2 Å². The Hall–Kier alpha value is -1.56. The Bertz CT molecular complexity index is 479. The average molecular weight is 296 g/mol. The third kappa shape index (κ3) is 4.52. The highest BCUT2D eigenvalue weighted by Gasteiger charge is 2.22. The van der Waals surface area contributed by atoms with E-state index in [1.54, 1.807) is 12.1 Å². The van der Waals surface area contributed by atoms with Crippen LogP contribution in [0.4, 0.5) is 4.39 Å². The van der Waals surface area contributed by atoms with Crippen molar-refractivity contribution in [3.05, 3.63) is 30.1 Å². The van der Waals surface area contributed by atoms with Crippen molar-refractivity contribution in [3.8, 4) is 0 Å². The molecule has 2 amide bonds. The van der Waals surface area contributed by atoms with Gasteiger partial charge in [0.05, 0.1) is 5.75 Å². The van der Waals surface area contributed by atoms with Gasteiger partial charge in [0.15, 0.2) is 0 Å². The van der Waals surface area contributed by atoms with E-state index in [2.05, 4.69) is 10.6 Å². The summed E-state index contributed by atoms with van der Waals surface area (Å²) in [4.78, 5) is 24.3. The van der Waals surface area contributed by atoms with Crippen molar-refractivity contribution >= 4 is 23.6 Å². The normalized spacial score (nSPS) is 19.1. The predicted molar refractivity (Wildman–Crippen MR) is 75.9 cm³/mol. The SMILES string of the molecule is O=C(CSc1ccc(F)cc1)N[C@@H]1CCCCNC1=O. The van der Waals surface area contributed by atoms with Crippen LogP contribution in [0.5, 0.6) is 0 Å². The summed E-state index contributed by atoms with van der Waals surface area (Å²) < 4.78 is 12.7.